The number of hydrogen-bond acceptors (Lipinski definition) is 4. The number of hydrogen-bond donors (Lipinski definition) is 1. The highest BCUT2D eigenvalue weighted by molar-refractivity contribution is 14.0. The van der Waals surface area contributed by atoms with Crippen LogP contribution in [-0.4, -0.2) is 87.9 Å². The standard InChI is InChI=1S/C20H36N4O3.HI/c1-23(2)19(25)14-22-20(21-13-18-5-3-4-10-27-18)24-9-6-17(15-24)16-7-11-26-12-8-16;/h16-18H,3-15H2,1-2H3,(H,21,22);1H. The Balaban J connectivity index is 0.00000280. The fourth-order valence-electron chi connectivity index (χ4n) is 4.28. The zero-order chi connectivity index (χ0) is 19.1. The van der Waals surface area contributed by atoms with Gasteiger partial charge in [0, 0.05) is 53.6 Å². The molecule has 3 aliphatic heterocycles. The topological polar surface area (TPSA) is 66.4 Å². The van der Waals surface area contributed by atoms with E-state index in [0.717, 1.165) is 64.2 Å². The maximum Gasteiger partial charge on any atom is 0.243 e. The van der Waals surface area contributed by atoms with Crippen LogP contribution in [0.1, 0.15) is 38.5 Å². The van der Waals surface area contributed by atoms with Gasteiger partial charge in [-0.2, -0.15) is 0 Å². The molecule has 3 saturated heterocycles. The van der Waals surface area contributed by atoms with Crippen molar-refractivity contribution in [1.29, 1.82) is 0 Å². The normalized spacial score (nSPS) is 26.6. The number of halogens is 1. The van der Waals surface area contributed by atoms with Gasteiger partial charge < -0.3 is 24.6 Å². The minimum absolute atomic E-state index is 0. The Kier molecular flexibility index (Phi) is 10.3. The predicted octanol–water partition coefficient (Wildman–Crippen LogP) is 1.96. The molecule has 0 radical (unpaired) electrons. The molecular weight excluding hydrogens is 471 g/mol. The first-order valence-electron chi connectivity index (χ1n) is 10.6. The van der Waals surface area contributed by atoms with E-state index in [9.17, 15) is 4.79 Å². The maximum atomic E-state index is 12.0. The summed E-state index contributed by atoms with van der Waals surface area (Å²) in [6, 6.07) is 0. The van der Waals surface area contributed by atoms with Gasteiger partial charge in [0.15, 0.2) is 5.96 Å². The molecule has 0 aromatic rings. The molecule has 7 nitrogen and oxygen atoms in total. The molecule has 0 aromatic carbocycles. The van der Waals surface area contributed by atoms with E-state index in [-0.39, 0.29) is 42.5 Å². The lowest BCUT2D eigenvalue weighted by atomic mass is 9.85. The number of rotatable bonds is 5. The van der Waals surface area contributed by atoms with Crippen LogP contribution in [-0.2, 0) is 14.3 Å². The van der Waals surface area contributed by atoms with Gasteiger partial charge in [0.1, 0.15) is 6.54 Å². The molecule has 2 unspecified atom stereocenters. The van der Waals surface area contributed by atoms with Crippen LogP contribution in [0.25, 0.3) is 0 Å². The summed E-state index contributed by atoms with van der Waals surface area (Å²) in [4.78, 5) is 20.6. The zero-order valence-electron chi connectivity index (χ0n) is 17.4. The van der Waals surface area contributed by atoms with Crippen LogP contribution in [0.3, 0.4) is 0 Å². The predicted molar refractivity (Wildman–Crippen MR) is 121 cm³/mol. The van der Waals surface area contributed by atoms with E-state index < -0.39 is 0 Å². The second-order valence-electron chi connectivity index (χ2n) is 8.24. The Labute approximate surface area is 186 Å². The van der Waals surface area contributed by atoms with Crippen molar-refractivity contribution in [2.24, 2.45) is 16.8 Å². The molecule has 28 heavy (non-hydrogen) atoms. The van der Waals surface area contributed by atoms with Gasteiger partial charge in [-0.25, -0.2) is 4.99 Å². The summed E-state index contributed by atoms with van der Waals surface area (Å²) >= 11 is 0. The Hall–Kier alpha value is -0.610. The number of likely N-dealkylation sites (tertiary alicyclic amines) is 1. The average Bonchev–Trinajstić information content (AvgIpc) is 3.19. The van der Waals surface area contributed by atoms with Gasteiger partial charge in [-0.3, -0.25) is 4.79 Å². The highest BCUT2D eigenvalue weighted by Gasteiger charge is 2.32. The maximum absolute atomic E-state index is 12.0. The SMILES string of the molecule is CN(C)C(=O)CN=C(NCC1CCCCO1)N1CCC(C2CCOCC2)C1.I. The highest BCUT2D eigenvalue weighted by Crippen LogP contribution is 2.31. The van der Waals surface area contributed by atoms with E-state index >= 15 is 0 Å². The highest BCUT2D eigenvalue weighted by atomic mass is 127. The van der Waals surface area contributed by atoms with Gasteiger partial charge in [0.05, 0.1) is 6.10 Å². The molecule has 2 atom stereocenters. The lowest BCUT2D eigenvalue weighted by Gasteiger charge is -2.29. The lowest BCUT2D eigenvalue weighted by molar-refractivity contribution is -0.127. The van der Waals surface area contributed by atoms with Crippen molar-refractivity contribution in [3.63, 3.8) is 0 Å². The monoisotopic (exact) mass is 508 g/mol. The fraction of sp³-hybridized carbons (Fsp3) is 0.900. The third-order valence-corrected chi connectivity index (χ3v) is 6.08. The minimum Gasteiger partial charge on any atom is -0.381 e. The van der Waals surface area contributed by atoms with E-state index in [1.54, 1.807) is 19.0 Å². The van der Waals surface area contributed by atoms with Crippen molar-refractivity contribution in [3.05, 3.63) is 0 Å². The molecule has 3 aliphatic rings. The second kappa shape index (κ2) is 12.2. The van der Waals surface area contributed by atoms with E-state index in [0.29, 0.717) is 5.92 Å². The third-order valence-electron chi connectivity index (χ3n) is 6.08. The van der Waals surface area contributed by atoms with Crippen LogP contribution in [0.2, 0.25) is 0 Å². The van der Waals surface area contributed by atoms with Crippen LogP contribution >= 0.6 is 24.0 Å². The summed E-state index contributed by atoms with van der Waals surface area (Å²) in [7, 11) is 3.55. The molecule has 0 saturated carbocycles. The van der Waals surface area contributed by atoms with E-state index in [2.05, 4.69) is 15.2 Å². The fourth-order valence-corrected chi connectivity index (χ4v) is 4.28. The number of carbonyl (C=O) groups is 1. The molecule has 0 aliphatic carbocycles. The second-order valence-corrected chi connectivity index (χ2v) is 8.24. The lowest BCUT2D eigenvalue weighted by Crippen LogP contribution is -2.45. The van der Waals surface area contributed by atoms with Crippen LogP contribution in [0.4, 0.5) is 0 Å². The summed E-state index contributed by atoms with van der Waals surface area (Å²) in [6.45, 7) is 5.65. The molecule has 0 bridgehead atoms. The summed E-state index contributed by atoms with van der Waals surface area (Å²) < 4.78 is 11.4. The molecule has 0 spiro atoms. The molecule has 8 heteroatoms. The zero-order valence-corrected chi connectivity index (χ0v) is 19.7. The van der Waals surface area contributed by atoms with Crippen molar-refractivity contribution in [3.8, 4) is 0 Å². The number of nitrogens with zero attached hydrogens (tertiary/aromatic N) is 3. The number of aliphatic imine (C=N–C) groups is 1. The van der Waals surface area contributed by atoms with E-state index in [1.807, 2.05) is 0 Å². The smallest absolute Gasteiger partial charge is 0.243 e. The van der Waals surface area contributed by atoms with Gasteiger partial charge in [-0.05, 0) is 50.4 Å². The molecule has 0 aromatic heterocycles. The Morgan fingerprint density at radius 2 is 1.89 bits per heavy atom. The van der Waals surface area contributed by atoms with Gasteiger partial charge in [-0.1, -0.05) is 0 Å². The van der Waals surface area contributed by atoms with Crippen LogP contribution in [0, 0.1) is 11.8 Å². The molecular formula is C20H37IN4O3. The Morgan fingerprint density at radius 3 is 2.57 bits per heavy atom. The Bertz CT molecular complexity index is 506. The summed E-state index contributed by atoms with van der Waals surface area (Å²) in [6.07, 6.45) is 7.29. The van der Waals surface area contributed by atoms with Crippen LogP contribution < -0.4 is 5.32 Å². The van der Waals surface area contributed by atoms with Crippen LogP contribution in [0.5, 0.6) is 0 Å². The van der Waals surface area contributed by atoms with Gasteiger partial charge in [0.2, 0.25) is 5.91 Å². The van der Waals surface area contributed by atoms with E-state index in [1.165, 1.54) is 25.7 Å². The quantitative estimate of drug-likeness (QED) is 0.350. The molecule has 3 rings (SSSR count). The van der Waals surface area contributed by atoms with Gasteiger partial charge in [0.25, 0.3) is 0 Å². The Morgan fingerprint density at radius 1 is 1.11 bits per heavy atom. The first kappa shape index (κ1) is 23.7. The summed E-state index contributed by atoms with van der Waals surface area (Å²) in [5.74, 6) is 2.36. The minimum atomic E-state index is 0. The largest absolute Gasteiger partial charge is 0.381 e. The molecule has 1 amide bonds. The first-order valence-corrected chi connectivity index (χ1v) is 10.6. The van der Waals surface area contributed by atoms with Crippen LogP contribution in [0.15, 0.2) is 4.99 Å². The number of ether oxygens (including phenoxy) is 2. The van der Waals surface area contributed by atoms with Crippen molar-refractivity contribution in [2.75, 3.05) is 60.1 Å². The first-order chi connectivity index (χ1) is 13.1. The van der Waals surface area contributed by atoms with Gasteiger partial charge in [-0.15, -0.1) is 24.0 Å². The summed E-state index contributed by atoms with van der Waals surface area (Å²) in [5.41, 5.74) is 0. The number of guanidine groups is 1. The molecule has 3 fully saturated rings. The molecule has 1 N–H and O–H groups in total. The number of nitrogens with one attached hydrogen (secondary N) is 1. The van der Waals surface area contributed by atoms with Crippen molar-refractivity contribution >= 4 is 35.8 Å². The molecule has 3 heterocycles. The number of likely N-dealkylation sites (N-methyl/N-ethyl adjacent to an activating group) is 1. The van der Waals surface area contributed by atoms with E-state index in [4.69, 9.17) is 9.47 Å². The number of amides is 1. The third kappa shape index (κ3) is 7.02. The number of carbonyl (C=O) groups excluding carboxylic acids is 1. The molecule has 162 valence electrons. The van der Waals surface area contributed by atoms with Crippen molar-refractivity contribution < 1.29 is 14.3 Å². The van der Waals surface area contributed by atoms with Crippen molar-refractivity contribution in [2.45, 2.75) is 44.6 Å². The average molecular weight is 508 g/mol. The van der Waals surface area contributed by atoms with Crippen molar-refractivity contribution in [1.82, 2.24) is 15.1 Å². The van der Waals surface area contributed by atoms with Gasteiger partial charge >= 0.3 is 0 Å². The summed E-state index contributed by atoms with van der Waals surface area (Å²) in [5, 5.41) is 3.50.